The third-order valence-electron chi connectivity index (χ3n) is 6.26. The fourth-order valence-electron chi connectivity index (χ4n) is 4.32. The second-order valence-electron chi connectivity index (χ2n) is 8.97. The van der Waals surface area contributed by atoms with Gasteiger partial charge in [-0.25, -0.2) is 17.8 Å². The van der Waals surface area contributed by atoms with Crippen LogP contribution in [0.1, 0.15) is 34.5 Å². The molecule has 0 saturated carbocycles. The molecule has 38 heavy (non-hydrogen) atoms. The minimum absolute atomic E-state index is 0.0378. The van der Waals surface area contributed by atoms with Gasteiger partial charge >= 0.3 is 0 Å². The van der Waals surface area contributed by atoms with E-state index in [1.165, 1.54) is 42.5 Å². The Morgan fingerprint density at radius 3 is 2.74 bits per heavy atom. The van der Waals surface area contributed by atoms with Crippen molar-refractivity contribution in [1.82, 2.24) is 14.5 Å². The van der Waals surface area contributed by atoms with Gasteiger partial charge in [-0.1, -0.05) is 41.4 Å². The predicted octanol–water partition coefficient (Wildman–Crippen LogP) is 4.77. The van der Waals surface area contributed by atoms with Gasteiger partial charge in [-0.05, 0) is 37.1 Å². The van der Waals surface area contributed by atoms with E-state index >= 15 is 0 Å². The number of amides is 1. The van der Waals surface area contributed by atoms with E-state index in [0.29, 0.717) is 17.3 Å². The largest absolute Gasteiger partial charge is 0.383 e. The van der Waals surface area contributed by atoms with Crippen molar-refractivity contribution in [2.75, 3.05) is 26.9 Å². The van der Waals surface area contributed by atoms with E-state index in [1.54, 1.807) is 22.8 Å². The van der Waals surface area contributed by atoms with Crippen molar-refractivity contribution in [2.24, 2.45) is 0 Å². The summed E-state index contributed by atoms with van der Waals surface area (Å²) in [6, 6.07) is 10.3. The molecule has 204 valence electrons. The number of hydrogen-bond acceptors (Lipinski definition) is 6. The minimum atomic E-state index is -4.03. The Morgan fingerprint density at radius 1 is 1.26 bits per heavy atom. The summed E-state index contributed by atoms with van der Waals surface area (Å²) < 4.78 is 53.7. The molecule has 1 amide bonds. The first-order valence-electron chi connectivity index (χ1n) is 12.0. The molecule has 1 aliphatic heterocycles. The Hall–Kier alpha value is -2.50. The Bertz CT molecular complexity index is 1390. The number of carbonyl (C=O) groups is 1. The molecule has 8 nitrogen and oxygen atoms in total. The Balaban J connectivity index is 1.69. The maximum atomic E-state index is 14.3. The van der Waals surface area contributed by atoms with Crippen molar-refractivity contribution in [2.45, 2.75) is 42.9 Å². The summed E-state index contributed by atoms with van der Waals surface area (Å²) in [6.45, 7) is 1.32. The summed E-state index contributed by atoms with van der Waals surface area (Å²) in [5.74, 6) is -1.52. The lowest BCUT2D eigenvalue weighted by Crippen LogP contribution is -2.35. The van der Waals surface area contributed by atoms with Gasteiger partial charge in [0.2, 0.25) is 15.0 Å². The van der Waals surface area contributed by atoms with Crippen LogP contribution in [-0.4, -0.2) is 61.7 Å². The quantitative estimate of drug-likeness (QED) is 0.323. The lowest BCUT2D eigenvalue weighted by molar-refractivity contribution is 0.0668. The van der Waals surface area contributed by atoms with Crippen LogP contribution in [0.3, 0.4) is 0 Å². The van der Waals surface area contributed by atoms with Crippen LogP contribution in [0.25, 0.3) is 0 Å². The van der Waals surface area contributed by atoms with E-state index in [0.717, 1.165) is 12.8 Å². The highest BCUT2D eigenvalue weighted by Gasteiger charge is 2.29. The first kappa shape index (κ1) is 28.5. The lowest BCUT2D eigenvalue weighted by atomic mass is 10.2. The SMILES string of the molecule is COCCN(Cc1cnc(S(=O)(=O)Cc2ccccc2F)n1CC1CCCO1)C(=O)c1ccc(Cl)cc1Cl. The van der Waals surface area contributed by atoms with E-state index < -0.39 is 21.4 Å². The van der Waals surface area contributed by atoms with Crippen molar-refractivity contribution < 1.29 is 27.1 Å². The molecule has 1 aromatic heterocycles. The maximum Gasteiger partial charge on any atom is 0.255 e. The van der Waals surface area contributed by atoms with Gasteiger partial charge in [-0.2, -0.15) is 0 Å². The topological polar surface area (TPSA) is 90.7 Å². The number of rotatable bonds is 11. The number of halogens is 3. The second-order valence-corrected chi connectivity index (χ2v) is 11.7. The summed E-state index contributed by atoms with van der Waals surface area (Å²) in [4.78, 5) is 19.2. The van der Waals surface area contributed by atoms with Gasteiger partial charge in [0.15, 0.2) is 0 Å². The van der Waals surface area contributed by atoms with Gasteiger partial charge in [0.25, 0.3) is 5.91 Å². The zero-order valence-corrected chi connectivity index (χ0v) is 23.1. The number of hydrogen-bond donors (Lipinski definition) is 0. The zero-order chi connectivity index (χ0) is 27.3. The number of sulfone groups is 1. The molecule has 0 aliphatic carbocycles. The molecule has 1 atom stereocenters. The van der Waals surface area contributed by atoms with Crippen LogP contribution in [0.2, 0.25) is 10.0 Å². The van der Waals surface area contributed by atoms with Crippen molar-refractivity contribution in [3.05, 3.63) is 81.3 Å². The highest BCUT2D eigenvalue weighted by molar-refractivity contribution is 7.90. The number of imidazole rings is 1. The molecule has 2 aromatic carbocycles. The molecular formula is C26H28Cl2FN3O5S. The maximum absolute atomic E-state index is 14.3. The van der Waals surface area contributed by atoms with Gasteiger partial charge in [0.1, 0.15) is 5.82 Å². The molecule has 12 heteroatoms. The summed E-state index contributed by atoms with van der Waals surface area (Å²) in [5.41, 5.74) is 0.793. The van der Waals surface area contributed by atoms with Crippen LogP contribution in [0, 0.1) is 5.82 Å². The van der Waals surface area contributed by atoms with Crippen molar-refractivity contribution in [3.63, 3.8) is 0 Å². The van der Waals surface area contributed by atoms with Crippen LogP contribution in [0.15, 0.2) is 53.8 Å². The molecule has 1 unspecified atom stereocenters. The van der Waals surface area contributed by atoms with Gasteiger partial charge in [-0.15, -0.1) is 0 Å². The number of aromatic nitrogens is 2. The van der Waals surface area contributed by atoms with Crippen LogP contribution < -0.4 is 0 Å². The molecule has 1 saturated heterocycles. The first-order chi connectivity index (χ1) is 18.2. The summed E-state index contributed by atoms with van der Waals surface area (Å²) >= 11 is 12.3. The van der Waals surface area contributed by atoms with E-state index in [1.807, 2.05) is 0 Å². The van der Waals surface area contributed by atoms with Crippen molar-refractivity contribution in [3.8, 4) is 0 Å². The van der Waals surface area contributed by atoms with Gasteiger partial charge in [0, 0.05) is 30.8 Å². The first-order valence-corrected chi connectivity index (χ1v) is 14.5. The highest BCUT2D eigenvalue weighted by Crippen LogP contribution is 2.26. The Morgan fingerprint density at radius 2 is 2.05 bits per heavy atom. The second kappa shape index (κ2) is 12.6. The monoisotopic (exact) mass is 583 g/mol. The minimum Gasteiger partial charge on any atom is -0.383 e. The van der Waals surface area contributed by atoms with E-state index in [9.17, 15) is 17.6 Å². The Labute approximate surface area is 231 Å². The summed E-state index contributed by atoms with van der Waals surface area (Å²) in [6.07, 6.45) is 2.84. The van der Waals surface area contributed by atoms with Crippen molar-refractivity contribution in [1.29, 1.82) is 0 Å². The molecular weight excluding hydrogens is 556 g/mol. The standard InChI is InChI=1S/C26H28Cl2FN3O5S/c1-36-12-10-31(25(33)22-9-8-19(27)13-23(22)28)15-20-14-30-26(32(20)16-21-6-4-11-37-21)38(34,35)17-18-5-2-3-7-24(18)29/h2-3,5,7-9,13-14,21H,4,6,10-12,15-17H2,1H3. The molecule has 1 fully saturated rings. The fourth-order valence-corrected chi connectivity index (χ4v) is 6.32. The van der Waals surface area contributed by atoms with Crippen LogP contribution in [0.4, 0.5) is 4.39 Å². The highest BCUT2D eigenvalue weighted by atomic mass is 35.5. The number of nitrogens with zero attached hydrogens (tertiary/aromatic N) is 3. The normalized spacial score (nSPS) is 15.6. The van der Waals surface area contributed by atoms with Crippen LogP contribution >= 0.6 is 23.2 Å². The molecule has 0 N–H and O–H groups in total. The molecule has 4 rings (SSSR count). The van der Waals surface area contributed by atoms with E-state index in [2.05, 4.69) is 4.98 Å². The molecule has 3 aromatic rings. The number of ether oxygens (including phenoxy) is 2. The molecule has 1 aliphatic rings. The van der Waals surface area contributed by atoms with Gasteiger partial charge in [0.05, 0.1) is 54.0 Å². The van der Waals surface area contributed by atoms with Crippen LogP contribution in [0.5, 0.6) is 0 Å². The molecule has 0 radical (unpaired) electrons. The van der Waals surface area contributed by atoms with E-state index in [4.69, 9.17) is 32.7 Å². The van der Waals surface area contributed by atoms with Crippen molar-refractivity contribution >= 4 is 38.9 Å². The van der Waals surface area contributed by atoms with Gasteiger partial charge < -0.3 is 18.9 Å². The third kappa shape index (κ3) is 6.73. The number of benzene rings is 2. The molecule has 2 heterocycles. The fraction of sp³-hybridized carbons (Fsp3) is 0.385. The Kier molecular flexibility index (Phi) is 9.43. The zero-order valence-electron chi connectivity index (χ0n) is 20.8. The third-order valence-corrected chi connectivity index (χ3v) is 8.38. The smallest absolute Gasteiger partial charge is 0.255 e. The summed E-state index contributed by atoms with van der Waals surface area (Å²) in [5, 5.41) is 0.398. The van der Waals surface area contributed by atoms with Gasteiger partial charge in [-0.3, -0.25) is 4.79 Å². The lowest BCUT2D eigenvalue weighted by Gasteiger charge is -2.24. The molecule has 0 bridgehead atoms. The number of methoxy groups -OCH3 is 1. The summed E-state index contributed by atoms with van der Waals surface area (Å²) in [7, 11) is -2.51. The van der Waals surface area contributed by atoms with E-state index in [-0.39, 0.29) is 59.6 Å². The molecule has 0 spiro atoms. The average Bonchev–Trinajstić information content (AvgIpc) is 3.53. The number of carbonyl (C=O) groups excluding carboxylic acids is 1. The van der Waals surface area contributed by atoms with Crippen LogP contribution in [-0.2, 0) is 38.2 Å². The average molecular weight is 584 g/mol. The predicted molar refractivity (Wildman–Crippen MR) is 142 cm³/mol.